The number of carbonyl (C=O) groups excluding carboxylic acids is 1. The quantitative estimate of drug-likeness (QED) is 0.749. The van der Waals surface area contributed by atoms with Gasteiger partial charge in [-0.15, -0.1) is 24.8 Å². The van der Waals surface area contributed by atoms with Gasteiger partial charge in [0.2, 0.25) is 0 Å². The summed E-state index contributed by atoms with van der Waals surface area (Å²) < 4.78 is 7.32. The first-order valence-electron chi connectivity index (χ1n) is 8.26. The second-order valence-electron chi connectivity index (χ2n) is 6.10. The summed E-state index contributed by atoms with van der Waals surface area (Å²) in [5, 5.41) is 7.46. The van der Waals surface area contributed by atoms with Crippen LogP contribution in [0.25, 0.3) is 5.78 Å². The van der Waals surface area contributed by atoms with Gasteiger partial charge in [-0.3, -0.25) is 4.79 Å². The Labute approximate surface area is 163 Å². The lowest BCUT2D eigenvalue weighted by Gasteiger charge is -2.37. The number of nitrogens with zero attached hydrogens (tertiary/aromatic N) is 6. The molecule has 4 heterocycles. The zero-order valence-electron chi connectivity index (χ0n) is 14.5. The number of aromatic nitrogens is 4. The molecule has 26 heavy (non-hydrogen) atoms. The highest BCUT2D eigenvalue weighted by molar-refractivity contribution is 5.85. The smallest absolute Gasteiger partial charge is 0.254 e. The molecule has 2 saturated heterocycles. The second-order valence-corrected chi connectivity index (χ2v) is 6.10. The first-order chi connectivity index (χ1) is 11.7. The molecule has 1 N–H and O–H groups in total. The van der Waals surface area contributed by atoms with Crippen molar-refractivity contribution in [3.63, 3.8) is 0 Å². The van der Waals surface area contributed by atoms with Crippen molar-refractivity contribution in [1.29, 1.82) is 0 Å². The van der Waals surface area contributed by atoms with E-state index in [4.69, 9.17) is 4.74 Å². The molecule has 1 unspecified atom stereocenters. The van der Waals surface area contributed by atoms with Crippen LogP contribution >= 0.6 is 24.8 Å². The van der Waals surface area contributed by atoms with Gasteiger partial charge in [0.15, 0.2) is 0 Å². The van der Waals surface area contributed by atoms with Gasteiger partial charge in [-0.25, -0.2) is 4.98 Å². The third-order valence-corrected chi connectivity index (χ3v) is 4.48. The molecule has 2 aliphatic rings. The lowest BCUT2D eigenvalue weighted by atomic mass is 10.2. The maximum absolute atomic E-state index is 12.5. The molecule has 2 aromatic rings. The number of fused-ring (bicyclic) bond motifs is 1. The number of amides is 1. The minimum absolute atomic E-state index is 0. The Bertz CT molecular complexity index is 743. The monoisotopic (exact) mass is 403 g/mol. The third-order valence-electron chi connectivity index (χ3n) is 4.48. The third kappa shape index (κ3) is 4.01. The van der Waals surface area contributed by atoms with Gasteiger partial charge >= 0.3 is 0 Å². The molecular weight excluding hydrogens is 381 g/mol. The number of anilines is 1. The van der Waals surface area contributed by atoms with Crippen molar-refractivity contribution in [2.24, 2.45) is 0 Å². The molecule has 2 fully saturated rings. The fraction of sp³-hybridized carbons (Fsp3) is 0.600. The fourth-order valence-corrected chi connectivity index (χ4v) is 3.22. The number of morpholine rings is 1. The summed E-state index contributed by atoms with van der Waals surface area (Å²) >= 11 is 0. The van der Waals surface area contributed by atoms with Crippen LogP contribution in [0.4, 0.5) is 5.82 Å². The number of carbonyl (C=O) groups is 1. The van der Waals surface area contributed by atoms with E-state index in [0.717, 1.165) is 31.1 Å². The van der Waals surface area contributed by atoms with Gasteiger partial charge in [-0.2, -0.15) is 14.6 Å². The van der Waals surface area contributed by atoms with Crippen LogP contribution in [0.2, 0.25) is 0 Å². The molecule has 2 aromatic heterocycles. The fourth-order valence-electron chi connectivity index (χ4n) is 3.22. The van der Waals surface area contributed by atoms with E-state index in [1.807, 2.05) is 17.9 Å². The molecule has 0 bridgehead atoms. The van der Waals surface area contributed by atoms with E-state index in [0.29, 0.717) is 32.0 Å². The zero-order valence-corrected chi connectivity index (χ0v) is 16.1. The standard InChI is InChI=1S/C15H21N7O2.2ClH/c1-11-8-13(22-15(19-11)17-10-18-22)20-3-5-21(6-4-20)14(23)12-9-16-2-7-24-12;;/h8,10,12,16H,2-7,9H2,1H3;2*1H. The molecule has 0 aliphatic carbocycles. The Morgan fingerprint density at radius 3 is 2.73 bits per heavy atom. The lowest BCUT2D eigenvalue weighted by molar-refractivity contribution is -0.145. The zero-order chi connectivity index (χ0) is 16.5. The highest BCUT2D eigenvalue weighted by atomic mass is 35.5. The van der Waals surface area contributed by atoms with E-state index in [1.54, 1.807) is 4.52 Å². The summed E-state index contributed by atoms with van der Waals surface area (Å²) in [6.07, 6.45) is 1.16. The summed E-state index contributed by atoms with van der Waals surface area (Å²) in [6, 6.07) is 2.01. The van der Waals surface area contributed by atoms with Gasteiger partial charge < -0.3 is 19.9 Å². The highest BCUT2D eigenvalue weighted by Gasteiger charge is 2.30. The van der Waals surface area contributed by atoms with Crippen molar-refractivity contribution in [1.82, 2.24) is 29.8 Å². The molecule has 0 aromatic carbocycles. The van der Waals surface area contributed by atoms with Gasteiger partial charge in [0.05, 0.1) is 6.61 Å². The molecule has 1 amide bonds. The number of piperazine rings is 1. The van der Waals surface area contributed by atoms with Crippen molar-refractivity contribution >= 4 is 42.3 Å². The molecule has 2 aliphatic heterocycles. The molecule has 9 nitrogen and oxygen atoms in total. The summed E-state index contributed by atoms with van der Waals surface area (Å²) in [6.45, 7) is 6.82. The molecule has 144 valence electrons. The van der Waals surface area contributed by atoms with Gasteiger partial charge in [-0.05, 0) is 6.92 Å². The van der Waals surface area contributed by atoms with Gasteiger partial charge in [0, 0.05) is 51.0 Å². The molecular formula is C15H23Cl2N7O2. The predicted octanol–water partition coefficient (Wildman–Crippen LogP) is -0.0867. The Morgan fingerprint density at radius 1 is 1.27 bits per heavy atom. The average Bonchev–Trinajstić information content (AvgIpc) is 3.09. The van der Waals surface area contributed by atoms with Crippen LogP contribution in [0.15, 0.2) is 12.4 Å². The Kier molecular flexibility index (Phi) is 6.99. The van der Waals surface area contributed by atoms with Crippen LogP contribution in [0, 0.1) is 6.92 Å². The minimum Gasteiger partial charge on any atom is -0.366 e. The Morgan fingerprint density at radius 2 is 2.04 bits per heavy atom. The first kappa shape index (κ1) is 20.6. The summed E-state index contributed by atoms with van der Waals surface area (Å²) in [5.74, 6) is 1.65. The molecule has 4 rings (SSSR count). The van der Waals surface area contributed by atoms with Crippen LogP contribution in [-0.4, -0.2) is 82.4 Å². The van der Waals surface area contributed by atoms with Crippen molar-refractivity contribution in [3.8, 4) is 0 Å². The number of hydrogen-bond donors (Lipinski definition) is 1. The first-order valence-corrected chi connectivity index (χ1v) is 8.26. The van der Waals surface area contributed by atoms with Crippen LogP contribution in [-0.2, 0) is 9.53 Å². The summed E-state index contributed by atoms with van der Waals surface area (Å²) in [5.41, 5.74) is 0.908. The topological polar surface area (TPSA) is 87.9 Å². The molecule has 0 radical (unpaired) electrons. The Hall–Kier alpha value is -1.68. The largest absolute Gasteiger partial charge is 0.366 e. The number of halogens is 2. The number of rotatable bonds is 2. The average molecular weight is 404 g/mol. The highest BCUT2D eigenvalue weighted by Crippen LogP contribution is 2.18. The lowest BCUT2D eigenvalue weighted by Crippen LogP contribution is -2.55. The van der Waals surface area contributed by atoms with Gasteiger partial charge in [-0.1, -0.05) is 0 Å². The van der Waals surface area contributed by atoms with Crippen LogP contribution in [0.3, 0.4) is 0 Å². The Balaban J connectivity index is 0.00000121. The van der Waals surface area contributed by atoms with Crippen molar-refractivity contribution in [3.05, 3.63) is 18.1 Å². The molecule has 1 atom stereocenters. The van der Waals surface area contributed by atoms with E-state index in [9.17, 15) is 4.79 Å². The van der Waals surface area contributed by atoms with E-state index in [2.05, 4.69) is 25.3 Å². The summed E-state index contributed by atoms with van der Waals surface area (Å²) in [4.78, 5) is 25.2. The van der Waals surface area contributed by atoms with Crippen molar-refractivity contribution in [2.45, 2.75) is 13.0 Å². The second kappa shape index (κ2) is 8.81. The number of hydrogen-bond acceptors (Lipinski definition) is 7. The number of ether oxygens (including phenoxy) is 1. The number of aryl methyl sites for hydroxylation is 1. The number of nitrogens with one attached hydrogen (secondary N) is 1. The maximum Gasteiger partial charge on any atom is 0.254 e. The van der Waals surface area contributed by atoms with E-state index < -0.39 is 0 Å². The van der Waals surface area contributed by atoms with Gasteiger partial charge in [0.25, 0.3) is 11.7 Å². The molecule has 0 spiro atoms. The van der Waals surface area contributed by atoms with Crippen LogP contribution in [0.5, 0.6) is 0 Å². The summed E-state index contributed by atoms with van der Waals surface area (Å²) in [7, 11) is 0. The maximum atomic E-state index is 12.5. The van der Waals surface area contributed by atoms with Crippen molar-refractivity contribution in [2.75, 3.05) is 50.8 Å². The van der Waals surface area contributed by atoms with E-state index in [-0.39, 0.29) is 36.8 Å². The van der Waals surface area contributed by atoms with Crippen LogP contribution in [0.1, 0.15) is 5.69 Å². The van der Waals surface area contributed by atoms with E-state index in [1.165, 1.54) is 6.33 Å². The minimum atomic E-state index is -0.351. The normalized spacial score (nSPS) is 20.4. The van der Waals surface area contributed by atoms with E-state index >= 15 is 0 Å². The van der Waals surface area contributed by atoms with Gasteiger partial charge in [0.1, 0.15) is 18.2 Å². The van der Waals surface area contributed by atoms with Crippen molar-refractivity contribution < 1.29 is 9.53 Å². The van der Waals surface area contributed by atoms with Crippen LogP contribution < -0.4 is 10.2 Å². The predicted molar refractivity (Wildman–Crippen MR) is 101 cm³/mol. The SMILES string of the molecule is Cc1cc(N2CCN(C(=O)C3CNCCO3)CC2)n2ncnc2n1.Cl.Cl. The molecule has 11 heteroatoms. The molecule has 0 saturated carbocycles.